The Morgan fingerprint density at radius 3 is 2.64 bits per heavy atom. The number of nitrogens with zero attached hydrogens (tertiary/aromatic N) is 1. The molecule has 2 amide bonds. The number of carboxylic acid groups (broad SMARTS) is 1. The van der Waals surface area contributed by atoms with Crippen LogP contribution in [0.5, 0.6) is 0 Å². The van der Waals surface area contributed by atoms with E-state index in [4.69, 9.17) is 5.73 Å². The summed E-state index contributed by atoms with van der Waals surface area (Å²) in [5.41, 5.74) is 6.67. The third kappa shape index (κ3) is 2.99. The van der Waals surface area contributed by atoms with E-state index in [0.717, 1.165) is 17.8 Å². The summed E-state index contributed by atoms with van der Waals surface area (Å²) < 4.78 is 0. The minimum atomic E-state index is -1.32. The van der Waals surface area contributed by atoms with Gasteiger partial charge < -0.3 is 15.8 Å². The Labute approximate surface area is 126 Å². The van der Waals surface area contributed by atoms with E-state index in [0.29, 0.717) is 10.5 Å². The molecule has 0 aliphatic rings. The Kier molecular flexibility index (Phi) is 4.57. The molecule has 22 heavy (non-hydrogen) atoms. The van der Waals surface area contributed by atoms with Gasteiger partial charge in [0.05, 0.1) is 12.7 Å². The quantitative estimate of drug-likeness (QED) is 0.734. The largest absolute Gasteiger partial charge is 0.480 e. The van der Waals surface area contributed by atoms with Crippen LogP contribution >= 0.6 is 0 Å². The smallest absolute Gasteiger partial charge is 0.327 e. The Bertz CT molecular complexity index is 722. The number of nitrogens with one attached hydrogen (secondary N) is 1. The molecule has 1 radical (unpaired) electrons. The molecule has 2 aromatic rings. The molecule has 4 N–H and O–H groups in total. The van der Waals surface area contributed by atoms with Gasteiger partial charge in [0.25, 0.3) is 0 Å². The number of benzene rings is 1. The predicted molar refractivity (Wildman–Crippen MR) is 78.8 cm³/mol. The molecular formula is C15H16N3O4. The van der Waals surface area contributed by atoms with Crippen LogP contribution in [0.25, 0.3) is 10.9 Å². The third-order valence-electron chi connectivity index (χ3n) is 3.38. The highest BCUT2D eigenvalue weighted by molar-refractivity contribution is 5.99. The number of fused-ring (bicyclic) bond motifs is 1. The minimum Gasteiger partial charge on any atom is -0.480 e. The number of aromatic amines is 1. The number of hydrogen-bond donors (Lipinski definition) is 3. The number of rotatable bonds is 5. The SMILES string of the molecule is CC(=O)N(C(=O)CN)C(Cc1[c][nH]c2ccccc12)C(=O)O. The maximum atomic E-state index is 11.8. The van der Waals surface area contributed by atoms with E-state index in [1.165, 1.54) is 0 Å². The zero-order valence-corrected chi connectivity index (χ0v) is 12.0. The van der Waals surface area contributed by atoms with Crippen LogP contribution in [-0.2, 0) is 20.8 Å². The van der Waals surface area contributed by atoms with Gasteiger partial charge in [0.1, 0.15) is 6.04 Å². The van der Waals surface area contributed by atoms with Crippen LogP contribution in [0, 0.1) is 6.20 Å². The molecule has 0 spiro atoms. The average Bonchev–Trinajstić information content (AvgIpc) is 2.89. The Balaban J connectivity index is 2.38. The summed E-state index contributed by atoms with van der Waals surface area (Å²) in [6.45, 7) is 0.712. The van der Waals surface area contributed by atoms with Gasteiger partial charge in [0, 0.05) is 24.2 Å². The number of para-hydroxylation sites is 1. The molecule has 0 saturated carbocycles. The molecule has 0 bridgehead atoms. The number of carbonyl (C=O) groups excluding carboxylic acids is 2. The van der Waals surface area contributed by atoms with Crippen molar-refractivity contribution in [3.05, 3.63) is 36.0 Å². The van der Waals surface area contributed by atoms with Gasteiger partial charge in [0.15, 0.2) is 0 Å². The molecule has 2 rings (SSSR count). The topological polar surface area (TPSA) is 116 Å². The fourth-order valence-corrected chi connectivity index (χ4v) is 2.38. The van der Waals surface area contributed by atoms with E-state index < -0.39 is 30.4 Å². The molecule has 0 aliphatic heterocycles. The van der Waals surface area contributed by atoms with Gasteiger partial charge in [-0.05, 0) is 11.6 Å². The van der Waals surface area contributed by atoms with Crippen LogP contribution in [0.1, 0.15) is 12.5 Å². The number of nitrogens with two attached hydrogens (primary N) is 1. The van der Waals surface area contributed by atoms with Gasteiger partial charge in [-0.25, -0.2) is 4.79 Å². The highest BCUT2D eigenvalue weighted by atomic mass is 16.4. The van der Waals surface area contributed by atoms with Crippen molar-refractivity contribution in [2.24, 2.45) is 5.73 Å². The van der Waals surface area contributed by atoms with Crippen molar-refractivity contribution in [3.8, 4) is 0 Å². The molecule has 0 saturated heterocycles. The number of amides is 2. The summed E-state index contributed by atoms with van der Waals surface area (Å²) in [5, 5.41) is 10.2. The Hall–Kier alpha value is -2.67. The number of imide groups is 1. The van der Waals surface area contributed by atoms with Crippen molar-refractivity contribution in [2.45, 2.75) is 19.4 Å². The highest BCUT2D eigenvalue weighted by Crippen LogP contribution is 2.20. The lowest BCUT2D eigenvalue weighted by molar-refractivity contribution is -0.156. The first kappa shape index (κ1) is 15.7. The maximum absolute atomic E-state index is 11.8. The lowest BCUT2D eigenvalue weighted by Gasteiger charge is -2.25. The number of carboxylic acids is 1. The van der Waals surface area contributed by atoms with Gasteiger partial charge in [-0.2, -0.15) is 0 Å². The molecule has 0 aliphatic carbocycles. The van der Waals surface area contributed by atoms with E-state index in [9.17, 15) is 19.5 Å². The molecule has 7 heteroatoms. The Morgan fingerprint density at radius 2 is 2.05 bits per heavy atom. The molecule has 1 aromatic carbocycles. The summed E-state index contributed by atoms with van der Waals surface area (Å²) in [5.74, 6) is -2.64. The highest BCUT2D eigenvalue weighted by Gasteiger charge is 2.32. The van der Waals surface area contributed by atoms with Crippen LogP contribution in [0.3, 0.4) is 0 Å². The Morgan fingerprint density at radius 1 is 1.36 bits per heavy atom. The molecule has 1 unspecified atom stereocenters. The predicted octanol–water partition coefficient (Wildman–Crippen LogP) is 0.298. The van der Waals surface area contributed by atoms with Crippen molar-refractivity contribution in [3.63, 3.8) is 0 Å². The van der Waals surface area contributed by atoms with Crippen molar-refractivity contribution >= 4 is 28.7 Å². The summed E-state index contributed by atoms with van der Waals surface area (Å²) in [7, 11) is 0. The molecule has 1 aromatic heterocycles. The molecule has 7 nitrogen and oxygen atoms in total. The summed E-state index contributed by atoms with van der Waals surface area (Å²) in [4.78, 5) is 38.6. The van der Waals surface area contributed by atoms with Crippen molar-refractivity contribution in [2.75, 3.05) is 6.54 Å². The summed E-state index contributed by atoms with van der Waals surface area (Å²) in [6.07, 6.45) is 2.84. The first-order valence-corrected chi connectivity index (χ1v) is 6.68. The number of aromatic nitrogens is 1. The second-order valence-corrected chi connectivity index (χ2v) is 4.82. The van der Waals surface area contributed by atoms with Crippen molar-refractivity contribution in [1.29, 1.82) is 0 Å². The van der Waals surface area contributed by atoms with Crippen LogP contribution in [0.2, 0.25) is 0 Å². The average molecular weight is 302 g/mol. The number of carbonyl (C=O) groups is 3. The second-order valence-electron chi connectivity index (χ2n) is 4.82. The molecule has 115 valence electrons. The normalized spacial score (nSPS) is 12.1. The summed E-state index contributed by atoms with van der Waals surface area (Å²) in [6, 6.07) is 5.99. The van der Waals surface area contributed by atoms with Crippen molar-refractivity contribution < 1.29 is 19.5 Å². The van der Waals surface area contributed by atoms with Crippen LogP contribution in [0.4, 0.5) is 0 Å². The van der Waals surface area contributed by atoms with E-state index in [-0.39, 0.29) is 6.42 Å². The summed E-state index contributed by atoms with van der Waals surface area (Å²) >= 11 is 0. The van der Waals surface area contributed by atoms with Crippen LogP contribution < -0.4 is 5.73 Å². The zero-order chi connectivity index (χ0) is 16.3. The molecule has 1 atom stereocenters. The first-order chi connectivity index (χ1) is 10.5. The lowest BCUT2D eigenvalue weighted by Crippen LogP contribution is -2.51. The van der Waals surface area contributed by atoms with E-state index >= 15 is 0 Å². The lowest BCUT2D eigenvalue weighted by atomic mass is 10.0. The first-order valence-electron chi connectivity index (χ1n) is 6.68. The van der Waals surface area contributed by atoms with Crippen molar-refractivity contribution in [1.82, 2.24) is 9.88 Å². The van der Waals surface area contributed by atoms with Crippen LogP contribution in [0.15, 0.2) is 24.3 Å². The second kappa shape index (κ2) is 6.40. The molecule has 1 heterocycles. The van der Waals surface area contributed by atoms with E-state index in [2.05, 4.69) is 11.2 Å². The number of hydrogen-bond acceptors (Lipinski definition) is 4. The molecular weight excluding hydrogens is 286 g/mol. The molecule has 0 fully saturated rings. The van der Waals surface area contributed by atoms with Gasteiger partial charge in [-0.3, -0.25) is 14.5 Å². The third-order valence-corrected chi connectivity index (χ3v) is 3.38. The zero-order valence-electron chi connectivity index (χ0n) is 12.0. The van der Waals surface area contributed by atoms with Crippen LogP contribution in [-0.4, -0.2) is 45.4 Å². The van der Waals surface area contributed by atoms with Gasteiger partial charge >= 0.3 is 5.97 Å². The van der Waals surface area contributed by atoms with Gasteiger partial charge in [-0.1, -0.05) is 18.2 Å². The maximum Gasteiger partial charge on any atom is 0.327 e. The fraction of sp³-hybridized carbons (Fsp3) is 0.267. The number of aliphatic carboxylic acids is 1. The monoisotopic (exact) mass is 302 g/mol. The standard InChI is InChI=1S/C15H16N3O4/c1-9(19)18(14(20)7-16)13(15(21)22)6-10-8-17-12-5-3-2-4-11(10)12/h2-5,13,17H,6-7,16H2,1H3,(H,21,22). The van der Waals surface area contributed by atoms with E-state index in [1.807, 2.05) is 24.3 Å². The minimum absolute atomic E-state index is 0.0370. The number of H-pyrrole nitrogens is 1. The fourth-order valence-electron chi connectivity index (χ4n) is 2.38. The van der Waals surface area contributed by atoms with E-state index in [1.54, 1.807) is 0 Å². The van der Waals surface area contributed by atoms with Gasteiger partial charge in [0.2, 0.25) is 11.8 Å². The van der Waals surface area contributed by atoms with Gasteiger partial charge in [-0.15, -0.1) is 0 Å².